The molecule has 0 aromatic heterocycles. The highest BCUT2D eigenvalue weighted by Gasteiger charge is 2.52. The van der Waals surface area contributed by atoms with Gasteiger partial charge in [-0.2, -0.15) is 0 Å². The van der Waals surface area contributed by atoms with Gasteiger partial charge in [0.15, 0.2) is 18.2 Å². The van der Waals surface area contributed by atoms with Crippen molar-refractivity contribution in [1.82, 2.24) is 0 Å². The zero-order valence-corrected chi connectivity index (χ0v) is 5.97. The molecular weight excluding hydrogens is 152 g/mol. The van der Waals surface area contributed by atoms with E-state index in [0.717, 1.165) is 0 Å². The summed E-state index contributed by atoms with van der Waals surface area (Å²) in [6.07, 6.45) is -3.75. The Morgan fingerprint density at radius 3 is 2.27 bits per heavy atom. The summed E-state index contributed by atoms with van der Waals surface area (Å²) in [6, 6.07) is 0. The highest BCUT2D eigenvalue weighted by atomic mass is 16.6. The van der Waals surface area contributed by atoms with Crippen molar-refractivity contribution in [2.75, 3.05) is 0 Å². The number of aldehydes is 1. The molecule has 1 aliphatic heterocycles. The Bertz CT molecular complexity index is 170. The molecule has 0 spiro atoms. The van der Waals surface area contributed by atoms with Crippen LogP contribution in [0.5, 0.6) is 0 Å². The van der Waals surface area contributed by atoms with Gasteiger partial charge in [0.25, 0.3) is 0 Å². The van der Waals surface area contributed by atoms with Crippen LogP contribution in [0.4, 0.5) is 0 Å². The Kier molecular flexibility index (Phi) is 1.98. The summed E-state index contributed by atoms with van der Waals surface area (Å²) in [5, 5.41) is 27.2. The Labute approximate surface area is 63.2 Å². The molecule has 0 unspecified atom stereocenters. The van der Waals surface area contributed by atoms with Gasteiger partial charge in [-0.15, -0.1) is 0 Å². The molecule has 11 heavy (non-hydrogen) atoms. The second-order valence-corrected chi connectivity index (χ2v) is 2.62. The summed E-state index contributed by atoms with van der Waals surface area (Å²) in [5.74, 6) is 0. The van der Waals surface area contributed by atoms with Gasteiger partial charge in [0.2, 0.25) is 0 Å². The zero-order valence-electron chi connectivity index (χ0n) is 5.97. The monoisotopic (exact) mass is 162 g/mol. The fourth-order valence-corrected chi connectivity index (χ4v) is 1.03. The molecule has 4 atom stereocenters. The van der Waals surface area contributed by atoms with Crippen molar-refractivity contribution in [1.29, 1.82) is 0 Å². The average molecular weight is 162 g/mol. The van der Waals surface area contributed by atoms with Crippen molar-refractivity contribution in [3.63, 3.8) is 0 Å². The summed E-state index contributed by atoms with van der Waals surface area (Å²) in [5.41, 5.74) is -1.97. The van der Waals surface area contributed by atoms with Gasteiger partial charge in [-0.05, 0) is 6.92 Å². The van der Waals surface area contributed by atoms with E-state index in [9.17, 15) is 9.90 Å². The molecule has 1 heterocycles. The van der Waals surface area contributed by atoms with Crippen LogP contribution in [-0.2, 0) is 9.53 Å². The average Bonchev–Trinajstić information content (AvgIpc) is 2.16. The summed E-state index contributed by atoms with van der Waals surface area (Å²) in [7, 11) is 0. The molecule has 5 heteroatoms. The summed E-state index contributed by atoms with van der Waals surface area (Å²) in [4.78, 5) is 10.3. The van der Waals surface area contributed by atoms with Crippen molar-refractivity contribution in [3.05, 3.63) is 0 Å². The van der Waals surface area contributed by atoms with Gasteiger partial charge >= 0.3 is 0 Å². The minimum atomic E-state index is -1.97. The van der Waals surface area contributed by atoms with Crippen molar-refractivity contribution >= 4 is 6.29 Å². The third kappa shape index (κ3) is 1.06. The fraction of sp³-hybridized carbons (Fsp3) is 0.833. The molecule has 0 radical (unpaired) electrons. The quantitative estimate of drug-likeness (QED) is 0.389. The van der Waals surface area contributed by atoms with Crippen LogP contribution < -0.4 is 0 Å². The number of aliphatic hydroxyl groups is 3. The van der Waals surface area contributed by atoms with Crippen molar-refractivity contribution in [2.24, 2.45) is 0 Å². The lowest BCUT2D eigenvalue weighted by Gasteiger charge is -2.21. The smallest absolute Gasteiger partial charge is 0.184 e. The highest BCUT2D eigenvalue weighted by Crippen LogP contribution is 2.27. The van der Waals surface area contributed by atoms with Gasteiger partial charge in [0.05, 0.1) is 6.10 Å². The third-order valence-electron chi connectivity index (χ3n) is 1.93. The molecule has 0 aromatic rings. The Balaban J connectivity index is 2.86. The predicted molar refractivity (Wildman–Crippen MR) is 33.6 cm³/mol. The van der Waals surface area contributed by atoms with Crippen molar-refractivity contribution in [3.8, 4) is 0 Å². The lowest BCUT2D eigenvalue weighted by molar-refractivity contribution is -0.139. The Morgan fingerprint density at radius 1 is 1.55 bits per heavy atom. The number of hydrogen-bond donors (Lipinski definition) is 3. The molecule has 1 rings (SSSR count). The van der Waals surface area contributed by atoms with E-state index < -0.39 is 24.1 Å². The molecule has 0 bridgehead atoms. The number of aliphatic hydroxyl groups excluding tert-OH is 2. The van der Waals surface area contributed by atoms with Crippen molar-refractivity contribution < 1.29 is 24.9 Å². The van der Waals surface area contributed by atoms with Crippen LogP contribution in [-0.4, -0.2) is 45.7 Å². The molecule has 64 valence electrons. The van der Waals surface area contributed by atoms with E-state index in [4.69, 9.17) is 10.2 Å². The maximum absolute atomic E-state index is 10.3. The lowest BCUT2D eigenvalue weighted by Crippen LogP contribution is -2.48. The van der Waals surface area contributed by atoms with Gasteiger partial charge in [-0.1, -0.05) is 0 Å². The zero-order chi connectivity index (χ0) is 8.65. The second-order valence-electron chi connectivity index (χ2n) is 2.62. The van der Waals surface area contributed by atoms with Crippen molar-refractivity contribution in [2.45, 2.75) is 31.0 Å². The molecule has 0 amide bonds. The number of carbonyl (C=O) groups is 1. The topological polar surface area (TPSA) is 87.0 Å². The van der Waals surface area contributed by atoms with E-state index in [2.05, 4.69) is 4.74 Å². The van der Waals surface area contributed by atoms with Gasteiger partial charge in [-0.25, -0.2) is 0 Å². The standard InChI is InChI=1S/C6H10O5/c1-3-6(10,2-7)4(8)5(9)11-3/h2-5,8-10H,1H3/t3-,4-,5-,6+/m0/s1. The first kappa shape index (κ1) is 8.61. The molecule has 5 nitrogen and oxygen atoms in total. The van der Waals surface area contributed by atoms with E-state index >= 15 is 0 Å². The third-order valence-corrected chi connectivity index (χ3v) is 1.93. The van der Waals surface area contributed by atoms with Crippen LogP contribution >= 0.6 is 0 Å². The minimum absolute atomic E-state index is 0.179. The summed E-state index contributed by atoms with van der Waals surface area (Å²) in [6.45, 7) is 1.40. The molecule has 0 saturated carbocycles. The minimum Gasteiger partial charge on any atom is -0.384 e. The van der Waals surface area contributed by atoms with E-state index in [1.165, 1.54) is 6.92 Å². The predicted octanol–water partition coefficient (Wildman–Crippen LogP) is -1.99. The molecule has 1 aliphatic rings. The van der Waals surface area contributed by atoms with Crippen LogP contribution in [0.25, 0.3) is 0 Å². The number of hydrogen-bond acceptors (Lipinski definition) is 5. The van der Waals surface area contributed by atoms with E-state index in [1.54, 1.807) is 0 Å². The van der Waals surface area contributed by atoms with Crippen LogP contribution in [0.1, 0.15) is 6.92 Å². The van der Waals surface area contributed by atoms with Crippen LogP contribution in [0.15, 0.2) is 0 Å². The first-order valence-corrected chi connectivity index (χ1v) is 3.22. The van der Waals surface area contributed by atoms with Crippen LogP contribution in [0.2, 0.25) is 0 Å². The lowest BCUT2D eigenvalue weighted by atomic mass is 9.96. The largest absolute Gasteiger partial charge is 0.384 e. The van der Waals surface area contributed by atoms with E-state index in [0.29, 0.717) is 0 Å². The number of carbonyl (C=O) groups excluding carboxylic acids is 1. The van der Waals surface area contributed by atoms with Gasteiger partial charge < -0.3 is 20.1 Å². The van der Waals surface area contributed by atoms with Gasteiger partial charge in [0.1, 0.15) is 6.10 Å². The first-order chi connectivity index (χ1) is 5.02. The highest BCUT2D eigenvalue weighted by molar-refractivity contribution is 5.65. The summed E-state index contributed by atoms with van der Waals surface area (Å²) < 4.78 is 4.60. The number of ether oxygens (including phenoxy) is 1. The van der Waals surface area contributed by atoms with Gasteiger partial charge in [-0.3, -0.25) is 4.79 Å². The van der Waals surface area contributed by atoms with E-state index in [-0.39, 0.29) is 6.29 Å². The van der Waals surface area contributed by atoms with E-state index in [1.807, 2.05) is 0 Å². The maximum atomic E-state index is 10.3. The number of rotatable bonds is 1. The SMILES string of the molecule is C[C@@H]1O[C@H](O)[C@H](O)[C@@]1(O)C=O. The first-order valence-electron chi connectivity index (χ1n) is 3.22. The Morgan fingerprint density at radius 2 is 2.09 bits per heavy atom. The maximum Gasteiger partial charge on any atom is 0.184 e. The molecular formula is C6H10O5. The second kappa shape index (κ2) is 2.53. The molecule has 1 fully saturated rings. The van der Waals surface area contributed by atoms with Gasteiger partial charge in [0, 0.05) is 0 Å². The molecule has 1 saturated heterocycles. The Hall–Kier alpha value is -0.490. The van der Waals surface area contributed by atoms with Crippen LogP contribution in [0.3, 0.4) is 0 Å². The molecule has 0 aromatic carbocycles. The summed E-state index contributed by atoms with van der Waals surface area (Å²) >= 11 is 0. The fourth-order valence-electron chi connectivity index (χ4n) is 1.03. The normalized spacial score (nSPS) is 51.1. The van der Waals surface area contributed by atoms with Crippen LogP contribution in [0, 0.1) is 0 Å². The molecule has 3 N–H and O–H groups in total. The molecule has 0 aliphatic carbocycles.